The van der Waals surface area contributed by atoms with Gasteiger partial charge in [-0.15, -0.1) is 5.10 Å². The quantitative estimate of drug-likeness (QED) is 0.757. The predicted molar refractivity (Wildman–Crippen MR) is 52.6 cm³/mol. The van der Waals surface area contributed by atoms with Crippen LogP contribution in [0.4, 0.5) is 6.01 Å². The van der Waals surface area contributed by atoms with E-state index in [2.05, 4.69) is 10.2 Å². The summed E-state index contributed by atoms with van der Waals surface area (Å²) in [5.41, 5.74) is 8.63. The van der Waals surface area contributed by atoms with Gasteiger partial charge in [-0.3, -0.25) is 0 Å². The van der Waals surface area contributed by atoms with Gasteiger partial charge in [0.25, 0.3) is 0 Å². The van der Waals surface area contributed by atoms with E-state index in [0.717, 1.165) is 5.56 Å². The van der Waals surface area contributed by atoms with Gasteiger partial charge in [-0.1, -0.05) is 11.2 Å². The lowest BCUT2D eigenvalue weighted by molar-refractivity contribution is 0.134. The van der Waals surface area contributed by atoms with Crippen molar-refractivity contribution in [1.82, 2.24) is 10.2 Å². The summed E-state index contributed by atoms with van der Waals surface area (Å²) in [6, 6.07) is 6.02. The smallest absolute Gasteiger partial charge is 0.313 e. The van der Waals surface area contributed by atoms with Crippen LogP contribution < -0.4 is 5.73 Å². The molecule has 2 N–H and O–H groups in total. The van der Waals surface area contributed by atoms with Gasteiger partial charge < -0.3 is 14.9 Å². The highest BCUT2D eigenvalue weighted by Crippen LogP contribution is 2.26. The highest BCUT2D eigenvalue weighted by molar-refractivity contribution is 5.56. The van der Waals surface area contributed by atoms with Gasteiger partial charge in [0.05, 0.1) is 13.2 Å². The third kappa shape index (κ3) is 1.37. The Morgan fingerprint density at radius 1 is 1.13 bits per heavy atom. The SMILES string of the molecule is Nc1nnc(-c2ccc3c(c2)COC3)o1. The molecule has 5 heteroatoms. The molecule has 1 aromatic heterocycles. The molecule has 1 aliphatic heterocycles. The van der Waals surface area contributed by atoms with E-state index in [1.54, 1.807) is 0 Å². The molecule has 3 rings (SSSR count). The lowest BCUT2D eigenvalue weighted by Crippen LogP contribution is -1.84. The second-order valence-corrected chi connectivity index (χ2v) is 3.42. The van der Waals surface area contributed by atoms with Crippen LogP contribution in [0.2, 0.25) is 0 Å². The van der Waals surface area contributed by atoms with Crippen LogP contribution in [0, 0.1) is 0 Å². The molecule has 0 fully saturated rings. The largest absolute Gasteiger partial charge is 0.404 e. The fourth-order valence-electron chi connectivity index (χ4n) is 1.66. The Labute approximate surface area is 85.9 Å². The van der Waals surface area contributed by atoms with Crippen LogP contribution in [0.5, 0.6) is 0 Å². The number of ether oxygens (including phenoxy) is 1. The number of fused-ring (bicyclic) bond motifs is 1. The van der Waals surface area contributed by atoms with Crippen LogP contribution in [0.1, 0.15) is 11.1 Å². The summed E-state index contributed by atoms with van der Waals surface area (Å²) in [5, 5.41) is 7.45. The minimum absolute atomic E-state index is 0.0850. The fourth-order valence-corrected chi connectivity index (χ4v) is 1.66. The summed E-state index contributed by atoms with van der Waals surface area (Å²) >= 11 is 0. The standard InChI is InChI=1S/C10H9N3O2/c11-10-13-12-9(15-10)6-1-2-7-4-14-5-8(7)3-6/h1-3H,4-5H2,(H2,11,13). The molecular formula is C10H9N3O2. The molecule has 0 atom stereocenters. The van der Waals surface area contributed by atoms with E-state index in [1.165, 1.54) is 11.1 Å². The fraction of sp³-hybridized carbons (Fsp3) is 0.200. The highest BCUT2D eigenvalue weighted by atomic mass is 16.5. The molecule has 0 saturated heterocycles. The number of nitrogen functional groups attached to an aromatic ring is 1. The number of benzene rings is 1. The van der Waals surface area contributed by atoms with Crippen LogP contribution in [0.3, 0.4) is 0 Å². The van der Waals surface area contributed by atoms with Crippen LogP contribution in [0.15, 0.2) is 22.6 Å². The molecule has 2 heterocycles. The van der Waals surface area contributed by atoms with E-state index in [9.17, 15) is 0 Å². The van der Waals surface area contributed by atoms with Crippen molar-refractivity contribution in [2.45, 2.75) is 13.2 Å². The number of rotatable bonds is 1. The molecule has 2 aromatic rings. The summed E-state index contributed by atoms with van der Waals surface area (Å²) in [6.45, 7) is 1.33. The van der Waals surface area contributed by atoms with Gasteiger partial charge in [0.1, 0.15) is 0 Å². The monoisotopic (exact) mass is 203 g/mol. The second-order valence-electron chi connectivity index (χ2n) is 3.42. The first kappa shape index (κ1) is 8.43. The van der Waals surface area contributed by atoms with Crippen LogP contribution >= 0.6 is 0 Å². The maximum absolute atomic E-state index is 5.36. The molecule has 1 aromatic carbocycles. The molecule has 0 unspecified atom stereocenters. The second kappa shape index (κ2) is 3.06. The first-order chi connectivity index (χ1) is 7.33. The van der Waals surface area contributed by atoms with Gasteiger partial charge in [0.2, 0.25) is 5.89 Å². The topological polar surface area (TPSA) is 74.2 Å². The van der Waals surface area contributed by atoms with Crippen molar-refractivity contribution in [2.24, 2.45) is 0 Å². The van der Waals surface area contributed by atoms with Crippen molar-refractivity contribution in [1.29, 1.82) is 0 Å². The zero-order valence-corrected chi connectivity index (χ0v) is 7.93. The van der Waals surface area contributed by atoms with Crippen LogP contribution in [0.25, 0.3) is 11.5 Å². The summed E-state index contributed by atoms with van der Waals surface area (Å²) in [4.78, 5) is 0. The van der Waals surface area contributed by atoms with Crippen LogP contribution in [-0.2, 0) is 18.0 Å². The summed E-state index contributed by atoms with van der Waals surface area (Å²) in [6.07, 6.45) is 0. The third-order valence-corrected chi connectivity index (χ3v) is 2.41. The molecule has 1 aliphatic rings. The third-order valence-electron chi connectivity index (χ3n) is 2.41. The van der Waals surface area contributed by atoms with Crippen molar-refractivity contribution in [3.63, 3.8) is 0 Å². The molecular weight excluding hydrogens is 194 g/mol. The van der Waals surface area contributed by atoms with Crippen LogP contribution in [-0.4, -0.2) is 10.2 Å². The molecule has 0 amide bonds. The number of anilines is 1. The minimum Gasteiger partial charge on any atom is -0.404 e. The van der Waals surface area contributed by atoms with Crippen molar-refractivity contribution >= 4 is 6.01 Å². The number of aromatic nitrogens is 2. The van der Waals surface area contributed by atoms with Crippen molar-refractivity contribution in [2.75, 3.05) is 5.73 Å². The normalized spacial score (nSPS) is 14.1. The molecule has 76 valence electrons. The Kier molecular flexibility index (Phi) is 1.72. The van der Waals surface area contributed by atoms with Gasteiger partial charge in [-0.05, 0) is 23.3 Å². The van der Waals surface area contributed by atoms with E-state index in [-0.39, 0.29) is 6.01 Å². The molecule has 0 radical (unpaired) electrons. The van der Waals surface area contributed by atoms with Gasteiger partial charge in [-0.2, -0.15) is 0 Å². The zero-order chi connectivity index (χ0) is 10.3. The molecule has 0 saturated carbocycles. The molecule has 0 spiro atoms. The average Bonchev–Trinajstić information content (AvgIpc) is 2.84. The first-order valence-corrected chi connectivity index (χ1v) is 4.62. The van der Waals surface area contributed by atoms with E-state index in [0.29, 0.717) is 19.1 Å². The van der Waals surface area contributed by atoms with E-state index in [1.807, 2.05) is 18.2 Å². The predicted octanol–water partition coefficient (Wildman–Crippen LogP) is 1.35. The van der Waals surface area contributed by atoms with Gasteiger partial charge in [-0.25, -0.2) is 0 Å². The van der Waals surface area contributed by atoms with Gasteiger partial charge in [0.15, 0.2) is 0 Å². The highest BCUT2D eigenvalue weighted by Gasteiger charge is 2.14. The summed E-state index contributed by atoms with van der Waals surface area (Å²) < 4.78 is 10.5. The Hall–Kier alpha value is -1.88. The Morgan fingerprint density at radius 3 is 2.80 bits per heavy atom. The first-order valence-electron chi connectivity index (χ1n) is 4.62. The zero-order valence-electron chi connectivity index (χ0n) is 7.93. The molecule has 15 heavy (non-hydrogen) atoms. The molecule has 5 nitrogen and oxygen atoms in total. The number of nitrogens with two attached hydrogens (primary N) is 1. The van der Waals surface area contributed by atoms with Gasteiger partial charge in [0, 0.05) is 5.56 Å². The average molecular weight is 203 g/mol. The minimum atomic E-state index is 0.0850. The molecule has 0 bridgehead atoms. The van der Waals surface area contributed by atoms with Crippen molar-refractivity contribution in [3.05, 3.63) is 29.3 Å². The molecule has 0 aliphatic carbocycles. The maximum Gasteiger partial charge on any atom is 0.313 e. The van der Waals surface area contributed by atoms with Gasteiger partial charge >= 0.3 is 6.01 Å². The summed E-state index contributed by atoms with van der Waals surface area (Å²) in [7, 11) is 0. The lowest BCUT2D eigenvalue weighted by Gasteiger charge is -1.98. The van der Waals surface area contributed by atoms with E-state index >= 15 is 0 Å². The summed E-state index contributed by atoms with van der Waals surface area (Å²) in [5.74, 6) is 0.446. The number of hydrogen-bond acceptors (Lipinski definition) is 5. The van der Waals surface area contributed by atoms with E-state index in [4.69, 9.17) is 14.9 Å². The lowest BCUT2D eigenvalue weighted by atomic mass is 10.1. The number of hydrogen-bond donors (Lipinski definition) is 1. The number of nitrogens with zero attached hydrogens (tertiary/aromatic N) is 2. The van der Waals surface area contributed by atoms with Crippen molar-refractivity contribution < 1.29 is 9.15 Å². The Balaban J connectivity index is 2.06. The maximum atomic E-state index is 5.36. The van der Waals surface area contributed by atoms with E-state index < -0.39 is 0 Å². The van der Waals surface area contributed by atoms with Crippen molar-refractivity contribution in [3.8, 4) is 11.5 Å². The Bertz CT molecular complexity index is 507. The Morgan fingerprint density at radius 2 is 2.00 bits per heavy atom.